The number of ether oxygens (including phenoxy) is 1. The summed E-state index contributed by atoms with van der Waals surface area (Å²) in [5.74, 6) is -0.0221. The molecule has 7 heteroatoms. The zero-order chi connectivity index (χ0) is 20.8. The number of nitrogens with zero attached hydrogens (tertiary/aromatic N) is 5. The van der Waals surface area contributed by atoms with Crippen LogP contribution in [0.1, 0.15) is 30.7 Å². The highest BCUT2D eigenvalue weighted by Gasteiger charge is 2.29. The van der Waals surface area contributed by atoms with Crippen molar-refractivity contribution in [2.24, 2.45) is 5.92 Å². The van der Waals surface area contributed by atoms with Gasteiger partial charge in [-0.25, -0.2) is 4.39 Å². The number of methoxy groups -OCH3 is 1. The van der Waals surface area contributed by atoms with Crippen LogP contribution in [0.25, 0.3) is 0 Å². The molecule has 0 bridgehead atoms. The van der Waals surface area contributed by atoms with Crippen molar-refractivity contribution in [3.05, 3.63) is 53.1 Å². The molecular formula is C22H28FN5O. The first-order valence-corrected chi connectivity index (χ1v) is 9.98. The van der Waals surface area contributed by atoms with Crippen LogP contribution in [-0.4, -0.2) is 54.5 Å². The van der Waals surface area contributed by atoms with Crippen molar-refractivity contribution in [2.45, 2.75) is 32.9 Å². The molecule has 1 saturated heterocycles. The fourth-order valence-corrected chi connectivity index (χ4v) is 3.89. The SMILES string of the molecule is COC[C@H]1CN(c2cc(CC(C)C)cc(F)c2C#N)CCN1Cc1cccnn1. The molecule has 154 valence electrons. The van der Waals surface area contributed by atoms with E-state index in [2.05, 4.69) is 39.9 Å². The van der Waals surface area contributed by atoms with Crippen molar-refractivity contribution in [3.63, 3.8) is 0 Å². The second kappa shape index (κ2) is 9.77. The van der Waals surface area contributed by atoms with Crippen molar-refractivity contribution >= 4 is 5.69 Å². The van der Waals surface area contributed by atoms with Gasteiger partial charge in [-0.3, -0.25) is 4.90 Å². The topological polar surface area (TPSA) is 65.3 Å². The zero-order valence-electron chi connectivity index (χ0n) is 17.3. The Hall–Kier alpha value is -2.56. The summed E-state index contributed by atoms with van der Waals surface area (Å²) >= 11 is 0. The number of benzene rings is 1. The number of hydrogen-bond donors (Lipinski definition) is 0. The van der Waals surface area contributed by atoms with E-state index in [4.69, 9.17) is 4.74 Å². The second-order valence-electron chi connectivity index (χ2n) is 7.92. The van der Waals surface area contributed by atoms with Gasteiger partial charge < -0.3 is 9.64 Å². The lowest BCUT2D eigenvalue weighted by atomic mass is 9.99. The van der Waals surface area contributed by atoms with Gasteiger partial charge in [0.2, 0.25) is 0 Å². The predicted molar refractivity (Wildman–Crippen MR) is 110 cm³/mol. The summed E-state index contributed by atoms with van der Waals surface area (Å²) in [6, 6.07) is 9.49. The van der Waals surface area contributed by atoms with E-state index >= 15 is 0 Å². The van der Waals surface area contributed by atoms with Gasteiger partial charge >= 0.3 is 0 Å². The molecule has 0 saturated carbocycles. The maximum atomic E-state index is 14.6. The molecular weight excluding hydrogens is 369 g/mol. The summed E-state index contributed by atoms with van der Waals surface area (Å²) in [6.45, 7) is 7.58. The molecule has 1 aromatic carbocycles. The number of halogens is 1. The summed E-state index contributed by atoms with van der Waals surface area (Å²) in [6.07, 6.45) is 2.44. The van der Waals surface area contributed by atoms with E-state index in [-0.39, 0.29) is 11.6 Å². The fraction of sp³-hybridized carbons (Fsp3) is 0.500. The van der Waals surface area contributed by atoms with Crippen LogP contribution in [0.15, 0.2) is 30.5 Å². The number of anilines is 1. The van der Waals surface area contributed by atoms with Gasteiger partial charge in [-0.2, -0.15) is 15.5 Å². The summed E-state index contributed by atoms with van der Waals surface area (Å²) < 4.78 is 20.1. The molecule has 1 aliphatic rings. The van der Waals surface area contributed by atoms with E-state index in [9.17, 15) is 9.65 Å². The van der Waals surface area contributed by atoms with E-state index in [1.165, 1.54) is 6.07 Å². The Balaban J connectivity index is 1.83. The molecule has 0 unspecified atom stereocenters. The number of nitriles is 1. The smallest absolute Gasteiger partial charge is 0.143 e. The number of aromatic nitrogens is 2. The van der Waals surface area contributed by atoms with Gasteiger partial charge in [0.05, 0.1) is 24.0 Å². The normalized spacial score (nSPS) is 17.5. The lowest BCUT2D eigenvalue weighted by molar-refractivity contribution is 0.0758. The van der Waals surface area contributed by atoms with Crippen molar-refractivity contribution in [1.29, 1.82) is 5.26 Å². The largest absolute Gasteiger partial charge is 0.383 e. The van der Waals surface area contributed by atoms with Crippen molar-refractivity contribution in [2.75, 3.05) is 38.3 Å². The first-order valence-electron chi connectivity index (χ1n) is 9.98. The molecule has 1 aromatic heterocycles. The third-order valence-corrected chi connectivity index (χ3v) is 5.18. The van der Waals surface area contributed by atoms with Crippen LogP contribution in [0.5, 0.6) is 0 Å². The predicted octanol–water partition coefficient (Wildman–Crippen LogP) is 3.02. The highest BCUT2D eigenvalue weighted by Crippen LogP contribution is 2.28. The molecule has 0 radical (unpaired) electrons. The number of piperazine rings is 1. The summed E-state index contributed by atoms with van der Waals surface area (Å²) in [5.41, 5.74) is 2.64. The van der Waals surface area contributed by atoms with Gasteiger partial charge in [-0.1, -0.05) is 13.8 Å². The third kappa shape index (κ3) is 5.28. The quantitative estimate of drug-likeness (QED) is 0.716. The minimum absolute atomic E-state index is 0.110. The third-order valence-electron chi connectivity index (χ3n) is 5.18. The second-order valence-corrected chi connectivity index (χ2v) is 7.92. The van der Waals surface area contributed by atoms with Crippen LogP contribution in [-0.2, 0) is 17.7 Å². The molecule has 6 nitrogen and oxygen atoms in total. The van der Waals surface area contributed by atoms with Gasteiger partial charge in [0, 0.05) is 39.5 Å². The van der Waals surface area contributed by atoms with Crippen LogP contribution >= 0.6 is 0 Å². The molecule has 2 heterocycles. The van der Waals surface area contributed by atoms with Crippen molar-refractivity contribution < 1.29 is 9.13 Å². The minimum atomic E-state index is -0.439. The van der Waals surface area contributed by atoms with Gasteiger partial charge in [0.25, 0.3) is 0 Å². The highest BCUT2D eigenvalue weighted by atomic mass is 19.1. The van der Waals surface area contributed by atoms with E-state index in [0.29, 0.717) is 37.8 Å². The van der Waals surface area contributed by atoms with Crippen LogP contribution < -0.4 is 4.90 Å². The average Bonchev–Trinajstić information content (AvgIpc) is 2.69. The first kappa shape index (κ1) is 21.2. The Morgan fingerprint density at radius 1 is 1.34 bits per heavy atom. The maximum absolute atomic E-state index is 14.6. The molecule has 0 aliphatic carbocycles. The number of rotatable bonds is 7. The Kier molecular flexibility index (Phi) is 7.13. The van der Waals surface area contributed by atoms with Gasteiger partial charge in [-0.05, 0) is 42.2 Å². The molecule has 29 heavy (non-hydrogen) atoms. The molecule has 2 aromatic rings. The van der Waals surface area contributed by atoms with Crippen molar-refractivity contribution in [1.82, 2.24) is 15.1 Å². The Labute approximate surface area is 171 Å². The van der Waals surface area contributed by atoms with Gasteiger partial charge in [0.15, 0.2) is 0 Å². The molecule has 1 atom stereocenters. The lowest BCUT2D eigenvalue weighted by Gasteiger charge is -2.42. The van der Waals surface area contributed by atoms with Crippen LogP contribution in [0.3, 0.4) is 0 Å². The van der Waals surface area contributed by atoms with Crippen LogP contribution in [0.4, 0.5) is 10.1 Å². The average molecular weight is 397 g/mol. The lowest BCUT2D eigenvalue weighted by Crippen LogP contribution is -2.54. The summed E-state index contributed by atoms with van der Waals surface area (Å²) in [7, 11) is 1.68. The molecule has 0 spiro atoms. The molecule has 3 rings (SSSR count). The van der Waals surface area contributed by atoms with Crippen molar-refractivity contribution in [3.8, 4) is 6.07 Å². The van der Waals surface area contributed by atoms with E-state index < -0.39 is 5.82 Å². The summed E-state index contributed by atoms with van der Waals surface area (Å²) in [4.78, 5) is 4.42. The Bertz CT molecular complexity index is 852. The van der Waals surface area contributed by atoms with Gasteiger partial charge in [-0.15, -0.1) is 0 Å². The maximum Gasteiger partial charge on any atom is 0.143 e. The minimum Gasteiger partial charge on any atom is -0.383 e. The molecule has 0 amide bonds. The van der Waals surface area contributed by atoms with E-state index in [1.807, 2.05) is 18.2 Å². The fourth-order valence-electron chi connectivity index (χ4n) is 3.89. The number of hydrogen-bond acceptors (Lipinski definition) is 6. The molecule has 1 aliphatic heterocycles. The van der Waals surface area contributed by atoms with Crippen LogP contribution in [0.2, 0.25) is 0 Å². The van der Waals surface area contributed by atoms with E-state index in [1.54, 1.807) is 13.3 Å². The Morgan fingerprint density at radius 3 is 2.83 bits per heavy atom. The Morgan fingerprint density at radius 2 is 2.17 bits per heavy atom. The van der Waals surface area contributed by atoms with Gasteiger partial charge in [0.1, 0.15) is 17.4 Å². The molecule has 0 N–H and O–H groups in total. The summed E-state index contributed by atoms with van der Waals surface area (Å²) in [5, 5.41) is 17.7. The van der Waals surface area contributed by atoms with E-state index in [0.717, 1.165) is 24.2 Å². The monoisotopic (exact) mass is 397 g/mol. The molecule has 1 fully saturated rings. The van der Waals surface area contributed by atoms with Crippen LogP contribution in [0, 0.1) is 23.1 Å². The first-order chi connectivity index (χ1) is 14.0. The highest BCUT2D eigenvalue weighted by molar-refractivity contribution is 5.62. The zero-order valence-corrected chi connectivity index (χ0v) is 17.3. The standard InChI is InChI=1S/C22H28FN5O/c1-16(2)9-17-10-21(23)20(12-24)22(11-17)28-8-7-27(19(14-28)15-29-3)13-18-5-4-6-25-26-18/h4-6,10-11,16,19H,7-9,13-15H2,1-3H3/t19-/m1/s1.